The maximum Gasteiger partial charge on any atom is 0.317 e. The maximum absolute atomic E-state index is 12.9. The highest BCUT2D eigenvalue weighted by molar-refractivity contribution is 5.95. The molecule has 1 fully saturated rings. The molecule has 1 saturated heterocycles. The van der Waals surface area contributed by atoms with Crippen molar-refractivity contribution in [1.29, 1.82) is 0 Å². The Kier molecular flexibility index (Phi) is 6.62. The topological polar surface area (TPSA) is 82.1 Å². The van der Waals surface area contributed by atoms with Crippen LogP contribution in [0.4, 0.5) is 11.4 Å². The summed E-state index contributed by atoms with van der Waals surface area (Å²) in [5, 5.41) is 12.2. The fourth-order valence-electron chi connectivity index (χ4n) is 3.26. The number of aliphatic carboxylic acids is 1. The van der Waals surface area contributed by atoms with Gasteiger partial charge in [0.05, 0.1) is 19.3 Å². The summed E-state index contributed by atoms with van der Waals surface area (Å²) in [4.78, 5) is 27.2. The van der Waals surface area contributed by atoms with E-state index in [1.807, 2.05) is 48.5 Å². The van der Waals surface area contributed by atoms with Crippen molar-refractivity contribution in [3.05, 3.63) is 60.2 Å². The normalized spacial score (nSPS) is 16.8. The van der Waals surface area contributed by atoms with Crippen LogP contribution >= 0.6 is 0 Å². The summed E-state index contributed by atoms with van der Waals surface area (Å²) < 4.78 is 5.71. The van der Waals surface area contributed by atoms with Crippen molar-refractivity contribution >= 4 is 23.3 Å². The number of benzene rings is 2. The highest BCUT2D eigenvalue weighted by atomic mass is 16.5. The lowest BCUT2D eigenvalue weighted by Gasteiger charge is -2.34. The monoisotopic (exact) mass is 383 g/mol. The number of nitrogens with one attached hydrogen (secondary N) is 1. The molecule has 0 aliphatic carbocycles. The molecular weight excluding hydrogens is 358 g/mol. The summed E-state index contributed by atoms with van der Waals surface area (Å²) in [6.07, 6.45) is -0.201. The van der Waals surface area contributed by atoms with E-state index in [1.165, 1.54) is 0 Å². The smallest absolute Gasteiger partial charge is 0.317 e. The van der Waals surface area contributed by atoms with Crippen molar-refractivity contribution < 1.29 is 19.4 Å². The molecule has 148 valence electrons. The summed E-state index contributed by atoms with van der Waals surface area (Å²) in [5.41, 5.74) is 2.42. The van der Waals surface area contributed by atoms with Gasteiger partial charge in [-0.3, -0.25) is 14.5 Å². The summed E-state index contributed by atoms with van der Waals surface area (Å²) >= 11 is 0. The number of carbonyl (C=O) groups excluding carboxylic acids is 1. The Labute approximate surface area is 164 Å². The lowest BCUT2D eigenvalue weighted by Crippen LogP contribution is -2.49. The number of nitrogens with zero attached hydrogens (tertiary/aromatic N) is 2. The zero-order chi connectivity index (χ0) is 19.9. The van der Waals surface area contributed by atoms with Crippen LogP contribution in [-0.2, 0) is 9.53 Å². The first kappa shape index (κ1) is 19.9. The quantitative estimate of drug-likeness (QED) is 0.763. The number of hydrogen-bond acceptors (Lipinski definition) is 5. The highest BCUT2D eigenvalue weighted by Gasteiger charge is 2.26. The Bertz CT molecular complexity index is 812. The molecule has 0 radical (unpaired) electrons. The van der Waals surface area contributed by atoms with E-state index in [2.05, 4.69) is 5.32 Å². The van der Waals surface area contributed by atoms with E-state index < -0.39 is 5.97 Å². The molecule has 2 N–H and O–H groups in total. The highest BCUT2D eigenvalue weighted by Crippen LogP contribution is 2.19. The Hall–Kier alpha value is -2.90. The average Bonchev–Trinajstić information content (AvgIpc) is 2.68. The number of carboxylic acid groups (broad SMARTS) is 1. The molecule has 1 aliphatic rings. The van der Waals surface area contributed by atoms with E-state index in [0.29, 0.717) is 31.8 Å². The van der Waals surface area contributed by atoms with Crippen LogP contribution in [-0.4, -0.2) is 72.7 Å². The van der Waals surface area contributed by atoms with E-state index in [-0.39, 0.29) is 18.6 Å². The Morgan fingerprint density at radius 2 is 1.93 bits per heavy atom. The molecule has 0 bridgehead atoms. The molecule has 28 heavy (non-hydrogen) atoms. The number of morpholine rings is 1. The lowest BCUT2D eigenvalue weighted by atomic mass is 10.1. The van der Waals surface area contributed by atoms with Crippen LogP contribution in [0.15, 0.2) is 54.6 Å². The van der Waals surface area contributed by atoms with Crippen molar-refractivity contribution in [2.45, 2.75) is 6.10 Å². The number of carbonyl (C=O) groups is 2. The van der Waals surface area contributed by atoms with Crippen molar-refractivity contribution in [2.24, 2.45) is 0 Å². The van der Waals surface area contributed by atoms with E-state index >= 15 is 0 Å². The number of hydrogen-bond donors (Lipinski definition) is 2. The summed E-state index contributed by atoms with van der Waals surface area (Å²) in [7, 11) is 1.73. The molecule has 7 heteroatoms. The van der Waals surface area contributed by atoms with Crippen LogP contribution in [0.5, 0.6) is 0 Å². The Morgan fingerprint density at radius 3 is 2.68 bits per heavy atom. The molecule has 1 unspecified atom stereocenters. The zero-order valence-corrected chi connectivity index (χ0v) is 15.9. The molecule has 3 rings (SSSR count). The molecule has 7 nitrogen and oxygen atoms in total. The van der Waals surface area contributed by atoms with Gasteiger partial charge < -0.3 is 20.1 Å². The van der Waals surface area contributed by atoms with Crippen molar-refractivity contribution in [1.82, 2.24) is 9.80 Å². The molecule has 1 aliphatic heterocycles. The third-order valence-electron chi connectivity index (χ3n) is 4.52. The minimum Gasteiger partial charge on any atom is -0.480 e. The van der Waals surface area contributed by atoms with Gasteiger partial charge in [0.25, 0.3) is 5.91 Å². The number of anilines is 2. The zero-order valence-electron chi connectivity index (χ0n) is 15.9. The second kappa shape index (κ2) is 9.34. The first-order valence-electron chi connectivity index (χ1n) is 9.24. The number of rotatable bonds is 7. The fourth-order valence-corrected chi connectivity index (χ4v) is 3.26. The SMILES string of the molecule is CN(CC(=O)O)CC1CN(C(=O)c2cccc(Nc3ccccc3)c2)CCO1. The van der Waals surface area contributed by atoms with Gasteiger partial charge in [-0.15, -0.1) is 0 Å². The largest absolute Gasteiger partial charge is 0.480 e. The molecule has 1 heterocycles. The average molecular weight is 383 g/mol. The number of likely N-dealkylation sites (N-methyl/N-ethyl adjacent to an activating group) is 1. The first-order valence-corrected chi connectivity index (χ1v) is 9.24. The summed E-state index contributed by atoms with van der Waals surface area (Å²) in [6.45, 7) is 1.82. The van der Waals surface area contributed by atoms with Crippen LogP contribution in [0.2, 0.25) is 0 Å². The lowest BCUT2D eigenvalue weighted by molar-refractivity contribution is -0.138. The number of para-hydroxylation sites is 1. The van der Waals surface area contributed by atoms with E-state index in [1.54, 1.807) is 22.9 Å². The summed E-state index contributed by atoms with van der Waals surface area (Å²) in [5.74, 6) is -0.931. The molecule has 0 saturated carbocycles. The van der Waals surface area contributed by atoms with Crippen LogP contribution in [0.3, 0.4) is 0 Å². The second-order valence-corrected chi connectivity index (χ2v) is 6.91. The molecule has 1 atom stereocenters. The molecular formula is C21H25N3O4. The summed E-state index contributed by atoms with van der Waals surface area (Å²) in [6, 6.07) is 17.2. The number of amides is 1. The number of carboxylic acids is 1. The van der Waals surface area contributed by atoms with Gasteiger partial charge in [-0.2, -0.15) is 0 Å². The van der Waals surface area contributed by atoms with E-state index in [9.17, 15) is 9.59 Å². The second-order valence-electron chi connectivity index (χ2n) is 6.91. The molecule has 0 aromatic heterocycles. The molecule has 1 amide bonds. The van der Waals surface area contributed by atoms with Gasteiger partial charge in [0.2, 0.25) is 0 Å². The number of ether oxygens (including phenoxy) is 1. The van der Waals surface area contributed by atoms with E-state index in [0.717, 1.165) is 11.4 Å². The standard InChI is InChI=1S/C21H25N3O4/c1-23(15-20(25)26)13-19-14-24(10-11-28-19)21(27)16-6-5-9-18(12-16)22-17-7-3-2-4-8-17/h2-9,12,19,22H,10-11,13-15H2,1H3,(H,25,26). The van der Waals surface area contributed by atoms with Gasteiger partial charge >= 0.3 is 5.97 Å². The predicted octanol–water partition coefficient (Wildman–Crippen LogP) is 2.29. The van der Waals surface area contributed by atoms with Gasteiger partial charge in [0, 0.05) is 36.6 Å². The third-order valence-corrected chi connectivity index (χ3v) is 4.52. The molecule has 0 spiro atoms. The Morgan fingerprint density at radius 1 is 1.18 bits per heavy atom. The fraction of sp³-hybridized carbons (Fsp3) is 0.333. The minimum atomic E-state index is -0.881. The van der Waals surface area contributed by atoms with Crippen molar-refractivity contribution in [2.75, 3.05) is 45.2 Å². The van der Waals surface area contributed by atoms with Crippen LogP contribution in [0.25, 0.3) is 0 Å². The van der Waals surface area contributed by atoms with Crippen LogP contribution in [0, 0.1) is 0 Å². The van der Waals surface area contributed by atoms with Gasteiger partial charge in [0.1, 0.15) is 0 Å². The van der Waals surface area contributed by atoms with E-state index in [4.69, 9.17) is 9.84 Å². The third kappa shape index (κ3) is 5.55. The predicted molar refractivity (Wildman–Crippen MR) is 107 cm³/mol. The van der Waals surface area contributed by atoms with Crippen LogP contribution in [0.1, 0.15) is 10.4 Å². The molecule has 2 aromatic rings. The van der Waals surface area contributed by atoms with Crippen LogP contribution < -0.4 is 5.32 Å². The maximum atomic E-state index is 12.9. The van der Waals surface area contributed by atoms with Gasteiger partial charge in [0.15, 0.2) is 0 Å². The first-order chi connectivity index (χ1) is 13.5. The van der Waals surface area contributed by atoms with Crippen molar-refractivity contribution in [3.63, 3.8) is 0 Å². The van der Waals surface area contributed by atoms with Gasteiger partial charge in [-0.25, -0.2) is 0 Å². The molecule has 2 aromatic carbocycles. The minimum absolute atomic E-state index is 0.0501. The van der Waals surface area contributed by atoms with Gasteiger partial charge in [-0.1, -0.05) is 24.3 Å². The Balaban J connectivity index is 1.63. The van der Waals surface area contributed by atoms with Gasteiger partial charge in [-0.05, 0) is 37.4 Å². The van der Waals surface area contributed by atoms with Crippen molar-refractivity contribution in [3.8, 4) is 0 Å².